The van der Waals surface area contributed by atoms with Crippen LogP contribution < -0.4 is 10.2 Å². The molecule has 0 saturated carbocycles. The number of carbonyl (C=O) groups is 2. The summed E-state index contributed by atoms with van der Waals surface area (Å²) in [6.07, 6.45) is 4.52. The molecule has 2 aromatic rings. The number of anilines is 2. The standard InChI is InChI=1S/C13H17BrN2O2S.C9H13BrN2O2S/c1-7-8(2)16(12(17)18-13(4,5)6)10-9(3)15-11(14)19-10;1-5-6(15-7(10)11-5)12-8(13)14-9(2,3)4/h1,8H,2-6H3;1-4H3,(H,12,13). The number of ether oxygens (including phenoxy) is 2. The number of amides is 2. The van der Waals surface area contributed by atoms with Gasteiger partial charge >= 0.3 is 12.2 Å². The molecule has 2 aromatic heterocycles. The minimum absolute atomic E-state index is 0.402. The molecule has 0 aliphatic rings. The van der Waals surface area contributed by atoms with Gasteiger partial charge in [0.05, 0.1) is 17.4 Å². The molecule has 188 valence electrons. The molecular weight excluding hydrogens is 608 g/mol. The minimum atomic E-state index is -0.570. The average molecular weight is 638 g/mol. The number of halogens is 2. The number of aryl methyl sites for hydroxylation is 2. The lowest BCUT2D eigenvalue weighted by atomic mass is 10.2. The number of hydrogen-bond donors (Lipinski definition) is 1. The van der Waals surface area contributed by atoms with E-state index < -0.39 is 29.4 Å². The number of thiazole rings is 2. The first-order chi connectivity index (χ1) is 15.4. The zero-order valence-corrected chi connectivity index (χ0v) is 25.5. The van der Waals surface area contributed by atoms with Gasteiger partial charge in [0, 0.05) is 0 Å². The molecule has 34 heavy (non-hydrogen) atoms. The van der Waals surface area contributed by atoms with E-state index in [0.717, 1.165) is 15.3 Å². The lowest BCUT2D eigenvalue weighted by molar-refractivity contribution is 0.0574. The Hall–Kier alpha value is -1.68. The fraction of sp³-hybridized carbons (Fsp3) is 0.545. The van der Waals surface area contributed by atoms with Crippen molar-refractivity contribution in [3.63, 3.8) is 0 Å². The molecule has 0 spiro atoms. The molecule has 1 atom stereocenters. The van der Waals surface area contributed by atoms with Gasteiger partial charge in [-0.2, -0.15) is 0 Å². The first-order valence-electron chi connectivity index (χ1n) is 10.2. The topological polar surface area (TPSA) is 93.7 Å². The van der Waals surface area contributed by atoms with Gasteiger partial charge in [-0.3, -0.25) is 10.2 Å². The Bertz CT molecular complexity index is 1050. The zero-order valence-electron chi connectivity index (χ0n) is 20.7. The van der Waals surface area contributed by atoms with Crippen LogP contribution in [0.2, 0.25) is 0 Å². The molecule has 0 aliphatic carbocycles. The van der Waals surface area contributed by atoms with Gasteiger partial charge in [-0.15, -0.1) is 6.42 Å². The second kappa shape index (κ2) is 12.3. The smallest absolute Gasteiger partial charge is 0.416 e. The maximum Gasteiger partial charge on any atom is 0.416 e. The molecule has 12 heteroatoms. The van der Waals surface area contributed by atoms with Crippen LogP contribution in [0.4, 0.5) is 19.6 Å². The number of terminal acetylenes is 1. The fourth-order valence-corrected chi connectivity index (χ4v) is 5.28. The molecule has 1 unspecified atom stereocenters. The molecule has 2 heterocycles. The van der Waals surface area contributed by atoms with Crippen molar-refractivity contribution in [3.8, 4) is 12.3 Å². The number of nitrogens with zero attached hydrogens (tertiary/aromatic N) is 3. The number of carbonyl (C=O) groups excluding carboxylic acids is 2. The summed E-state index contributed by atoms with van der Waals surface area (Å²) in [7, 11) is 0. The summed E-state index contributed by atoms with van der Waals surface area (Å²) in [5.74, 6) is 2.56. The first kappa shape index (κ1) is 30.4. The van der Waals surface area contributed by atoms with Crippen molar-refractivity contribution in [2.75, 3.05) is 10.2 Å². The van der Waals surface area contributed by atoms with E-state index in [2.05, 4.69) is 53.1 Å². The third-order valence-electron chi connectivity index (χ3n) is 3.57. The lowest BCUT2D eigenvalue weighted by Crippen LogP contribution is -2.41. The highest BCUT2D eigenvalue weighted by Crippen LogP contribution is 2.33. The summed E-state index contributed by atoms with van der Waals surface area (Å²) >= 11 is 9.28. The Morgan fingerprint density at radius 3 is 1.88 bits per heavy atom. The van der Waals surface area contributed by atoms with Crippen molar-refractivity contribution in [2.24, 2.45) is 0 Å². The van der Waals surface area contributed by atoms with E-state index in [1.165, 1.54) is 27.6 Å². The maximum atomic E-state index is 12.3. The van der Waals surface area contributed by atoms with E-state index in [-0.39, 0.29) is 0 Å². The highest BCUT2D eigenvalue weighted by molar-refractivity contribution is 9.11. The Morgan fingerprint density at radius 1 is 1.00 bits per heavy atom. The van der Waals surface area contributed by atoms with Gasteiger partial charge in [0.15, 0.2) is 7.83 Å². The van der Waals surface area contributed by atoms with Crippen LogP contribution in [0.5, 0.6) is 0 Å². The summed E-state index contributed by atoms with van der Waals surface area (Å²) in [5.41, 5.74) is 0.460. The van der Waals surface area contributed by atoms with E-state index >= 15 is 0 Å². The molecule has 0 aliphatic heterocycles. The van der Waals surface area contributed by atoms with Crippen molar-refractivity contribution < 1.29 is 19.1 Å². The molecule has 0 aromatic carbocycles. The molecular formula is C22H30Br2N4O4S2. The van der Waals surface area contributed by atoms with Gasteiger partial charge in [-0.1, -0.05) is 28.6 Å². The SMILES string of the molecule is C#CC(C)N(C(=O)OC(C)(C)C)c1sc(Br)nc1C.Cc1nc(Br)sc1NC(=O)OC(C)(C)C. The summed E-state index contributed by atoms with van der Waals surface area (Å²) in [6, 6.07) is -0.402. The summed E-state index contributed by atoms with van der Waals surface area (Å²) in [6.45, 7) is 16.4. The highest BCUT2D eigenvalue weighted by atomic mass is 79.9. The van der Waals surface area contributed by atoms with Gasteiger partial charge in [0.25, 0.3) is 0 Å². The summed E-state index contributed by atoms with van der Waals surface area (Å²) in [5, 5.41) is 4.06. The van der Waals surface area contributed by atoms with Crippen molar-refractivity contribution in [1.82, 2.24) is 9.97 Å². The first-order valence-corrected chi connectivity index (χ1v) is 13.4. The molecule has 0 fully saturated rings. The van der Waals surface area contributed by atoms with E-state index in [1.54, 1.807) is 6.92 Å². The van der Waals surface area contributed by atoms with E-state index in [1.807, 2.05) is 55.4 Å². The monoisotopic (exact) mass is 636 g/mol. The van der Waals surface area contributed by atoms with E-state index in [0.29, 0.717) is 13.9 Å². The molecule has 1 N–H and O–H groups in total. The largest absolute Gasteiger partial charge is 0.444 e. The zero-order chi connectivity index (χ0) is 26.4. The third kappa shape index (κ3) is 10.3. The van der Waals surface area contributed by atoms with Crippen LogP contribution in [-0.2, 0) is 9.47 Å². The van der Waals surface area contributed by atoms with E-state index in [4.69, 9.17) is 15.9 Å². The number of aromatic nitrogens is 2. The molecule has 0 bridgehead atoms. The summed E-state index contributed by atoms with van der Waals surface area (Å²) in [4.78, 5) is 33.5. The van der Waals surface area contributed by atoms with E-state index in [9.17, 15) is 9.59 Å². The van der Waals surface area contributed by atoms with Gasteiger partial charge in [-0.05, 0) is 94.2 Å². The van der Waals surface area contributed by atoms with Crippen LogP contribution in [0, 0.1) is 26.2 Å². The minimum Gasteiger partial charge on any atom is -0.444 e. The van der Waals surface area contributed by atoms with Crippen molar-refractivity contribution in [2.45, 2.75) is 79.6 Å². The maximum absolute atomic E-state index is 12.3. The molecule has 2 amide bonds. The van der Waals surface area contributed by atoms with Gasteiger partial charge in [0.1, 0.15) is 21.2 Å². The Kier molecular flexibility index (Phi) is 11.0. The molecule has 8 nitrogen and oxygen atoms in total. The fourth-order valence-electron chi connectivity index (χ4n) is 2.26. The van der Waals surface area contributed by atoms with Crippen molar-refractivity contribution >= 4 is 76.7 Å². The average Bonchev–Trinajstić information content (AvgIpc) is 3.12. The van der Waals surface area contributed by atoms with Crippen LogP contribution in [-0.4, -0.2) is 39.4 Å². The quantitative estimate of drug-likeness (QED) is 0.350. The third-order valence-corrected chi connectivity index (χ3v) is 6.70. The van der Waals surface area contributed by atoms with Gasteiger partial charge < -0.3 is 9.47 Å². The Morgan fingerprint density at radius 2 is 1.50 bits per heavy atom. The van der Waals surface area contributed by atoms with Crippen LogP contribution in [0.25, 0.3) is 0 Å². The number of nitrogens with one attached hydrogen (secondary N) is 1. The van der Waals surface area contributed by atoms with Crippen LogP contribution in [0.1, 0.15) is 59.9 Å². The Labute approximate surface area is 226 Å². The highest BCUT2D eigenvalue weighted by Gasteiger charge is 2.29. The van der Waals surface area contributed by atoms with Crippen molar-refractivity contribution in [3.05, 3.63) is 19.2 Å². The lowest BCUT2D eigenvalue weighted by Gasteiger charge is -2.28. The van der Waals surface area contributed by atoms with Crippen LogP contribution in [0.15, 0.2) is 7.83 Å². The van der Waals surface area contributed by atoms with Crippen LogP contribution >= 0.6 is 54.5 Å². The second-order valence-corrected chi connectivity index (χ2v) is 13.6. The molecule has 0 radical (unpaired) electrons. The van der Waals surface area contributed by atoms with Gasteiger partial charge in [0.2, 0.25) is 0 Å². The molecule has 2 rings (SSSR count). The van der Waals surface area contributed by atoms with Gasteiger partial charge in [-0.25, -0.2) is 19.6 Å². The Balaban J connectivity index is 0.000000350. The number of rotatable bonds is 3. The molecule has 0 saturated heterocycles. The predicted molar refractivity (Wildman–Crippen MR) is 146 cm³/mol. The summed E-state index contributed by atoms with van der Waals surface area (Å²) < 4.78 is 12.0. The van der Waals surface area contributed by atoms with Crippen molar-refractivity contribution in [1.29, 1.82) is 0 Å². The second-order valence-electron chi connectivity index (χ2n) is 9.06. The number of hydrogen-bond acceptors (Lipinski definition) is 8. The normalized spacial score (nSPS) is 12.1. The predicted octanol–water partition coefficient (Wildman–Crippen LogP) is 7.54. The van der Waals surface area contributed by atoms with Crippen LogP contribution in [0.3, 0.4) is 0 Å².